The van der Waals surface area contributed by atoms with Gasteiger partial charge in [0.15, 0.2) is 5.82 Å². The van der Waals surface area contributed by atoms with Gasteiger partial charge in [0.25, 0.3) is 0 Å². The molecule has 0 saturated carbocycles. The van der Waals surface area contributed by atoms with Gasteiger partial charge in [0.05, 0.1) is 28.4 Å². The van der Waals surface area contributed by atoms with Crippen molar-refractivity contribution in [1.82, 2.24) is 9.97 Å². The molecular weight excluding hydrogens is 667 g/mol. The van der Waals surface area contributed by atoms with E-state index < -0.39 is 5.41 Å². The summed E-state index contributed by atoms with van der Waals surface area (Å²) in [6.07, 6.45) is 9.58. The molecule has 1 aromatic heterocycles. The van der Waals surface area contributed by atoms with Crippen molar-refractivity contribution < 1.29 is 0 Å². The molecule has 1 unspecified atom stereocenters. The third-order valence-corrected chi connectivity index (χ3v) is 11.8. The zero-order valence-electron chi connectivity index (χ0n) is 29.9. The molecule has 0 amide bonds. The Kier molecular flexibility index (Phi) is 6.96. The second-order valence-corrected chi connectivity index (χ2v) is 14.7. The molecule has 1 heterocycles. The fourth-order valence-corrected chi connectivity index (χ4v) is 9.49. The number of aromatic nitrogens is 2. The fourth-order valence-electron chi connectivity index (χ4n) is 9.49. The number of benzene rings is 7. The molecule has 7 aromatic carbocycles. The quantitative estimate of drug-likeness (QED) is 0.184. The third-order valence-electron chi connectivity index (χ3n) is 11.8. The van der Waals surface area contributed by atoms with Crippen LogP contribution in [-0.4, -0.2) is 9.97 Å². The van der Waals surface area contributed by atoms with E-state index in [4.69, 9.17) is 9.97 Å². The van der Waals surface area contributed by atoms with E-state index >= 15 is 0 Å². The third kappa shape index (κ3) is 4.62. The van der Waals surface area contributed by atoms with Crippen LogP contribution in [0.4, 0.5) is 0 Å². The summed E-state index contributed by atoms with van der Waals surface area (Å²) < 4.78 is 0. The normalized spacial score (nSPS) is 15.4. The second kappa shape index (κ2) is 12.2. The molecule has 0 aliphatic heterocycles. The standard InChI is InChI=1S/C52H33N3/c53-32-33-27-28-46-43(29-33)50-39(22-12-26-47(50)52(46)44-24-8-6-20-40(44)41-21-7-9-25-45(41)52)36-17-10-18-37(30-36)49-31-48(35-14-2-1-3-15-35)54-51(55-49)42-23-11-16-34-13-4-5-19-38(34)42/h1-14,16-31,35H,15H2. The highest BCUT2D eigenvalue weighted by Crippen LogP contribution is 2.64. The van der Waals surface area contributed by atoms with Crippen LogP contribution in [-0.2, 0) is 5.41 Å². The van der Waals surface area contributed by atoms with Crippen LogP contribution in [0.1, 0.15) is 45.8 Å². The average Bonchev–Trinajstić information content (AvgIpc) is 3.73. The molecule has 0 N–H and O–H groups in total. The molecule has 1 atom stereocenters. The summed E-state index contributed by atoms with van der Waals surface area (Å²) in [4.78, 5) is 10.5. The zero-order chi connectivity index (χ0) is 36.5. The monoisotopic (exact) mass is 699 g/mol. The van der Waals surface area contributed by atoms with E-state index in [9.17, 15) is 5.26 Å². The number of fused-ring (bicyclic) bond motifs is 11. The molecule has 8 aromatic rings. The van der Waals surface area contributed by atoms with Gasteiger partial charge in [-0.15, -0.1) is 0 Å². The molecule has 11 rings (SSSR count). The Hall–Kier alpha value is -7.15. The summed E-state index contributed by atoms with van der Waals surface area (Å²) in [6.45, 7) is 0. The minimum absolute atomic E-state index is 0.167. The summed E-state index contributed by atoms with van der Waals surface area (Å²) in [5.41, 5.74) is 16.2. The van der Waals surface area contributed by atoms with Gasteiger partial charge < -0.3 is 0 Å². The van der Waals surface area contributed by atoms with Crippen LogP contribution in [0.3, 0.4) is 0 Å². The molecule has 1 spiro atoms. The van der Waals surface area contributed by atoms with Crippen LogP contribution >= 0.6 is 0 Å². The van der Waals surface area contributed by atoms with Crippen LogP contribution in [0.2, 0.25) is 0 Å². The number of hydrogen-bond donors (Lipinski definition) is 0. The van der Waals surface area contributed by atoms with E-state index in [1.807, 2.05) is 6.07 Å². The van der Waals surface area contributed by atoms with Crippen LogP contribution in [0.15, 0.2) is 182 Å². The summed E-state index contributed by atoms with van der Waals surface area (Å²) in [5.74, 6) is 0.900. The Labute approximate surface area is 320 Å². The van der Waals surface area contributed by atoms with E-state index in [-0.39, 0.29) is 5.92 Å². The molecule has 0 saturated heterocycles. The topological polar surface area (TPSA) is 49.6 Å². The van der Waals surface area contributed by atoms with E-state index in [0.717, 1.165) is 56.8 Å². The predicted octanol–water partition coefficient (Wildman–Crippen LogP) is 12.4. The Morgan fingerprint density at radius 2 is 1.22 bits per heavy atom. The number of hydrogen-bond acceptors (Lipinski definition) is 3. The fraction of sp³-hybridized carbons (Fsp3) is 0.0577. The van der Waals surface area contributed by atoms with E-state index in [1.54, 1.807) is 0 Å². The molecule has 55 heavy (non-hydrogen) atoms. The first-order valence-electron chi connectivity index (χ1n) is 18.9. The Balaban J connectivity index is 1.13. The molecule has 3 heteroatoms. The summed E-state index contributed by atoms with van der Waals surface area (Å²) in [5, 5.41) is 12.5. The van der Waals surface area contributed by atoms with Crippen molar-refractivity contribution in [3.8, 4) is 62.1 Å². The van der Waals surface area contributed by atoms with Gasteiger partial charge in [-0.1, -0.05) is 158 Å². The lowest BCUT2D eigenvalue weighted by atomic mass is 9.70. The van der Waals surface area contributed by atoms with Gasteiger partial charge in [-0.2, -0.15) is 5.26 Å². The molecule has 3 nitrogen and oxygen atoms in total. The number of rotatable bonds is 4. The molecule has 256 valence electrons. The lowest BCUT2D eigenvalue weighted by Gasteiger charge is -2.30. The lowest BCUT2D eigenvalue weighted by Crippen LogP contribution is -2.25. The maximum absolute atomic E-state index is 10.1. The average molecular weight is 700 g/mol. The van der Waals surface area contributed by atoms with Crippen LogP contribution in [0.5, 0.6) is 0 Å². The molecule has 0 radical (unpaired) electrons. The summed E-state index contributed by atoms with van der Waals surface area (Å²) >= 11 is 0. The lowest BCUT2D eigenvalue weighted by molar-refractivity contribution is 0.794. The highest BCUT2D eigenvalue weighted by atomic mass is 14.9. The Morgan fingerprint density at radius 1 is 0.545 bits per heavy atom. The summed E-state index contributed by atoms with van der Waals surface area (Å²) in [7, 11) is 0. The van der Waals surface area contributed by atoms with Gasteiger partial charge in [-0.3, -0.25) is 0 Å². The Bertz CT molecular complexity index is 2940. The maximum atomic E-state index is 10.1. The van der Waals surface area contributed by atoms with Crippen molar-refractivity contribution in [1.29, 1.82) is 5.26 Å². The van der Waals surface area contributed by atoms with Crippen LogP contribution in [0, 0.1) is 11.3 Å². The van der Waals surface area contributed by atoms with Gasteiger partial charge >= 0.3 is 0 Å². The van der Waals surface area contributed by atoms with Gasteiger partial charge in [0, 0.05) is 17.0 Å². The summed E-state index contributed by atoms with van der Waals surface area (Å²) in [6, 6.07) is 58.9. The second-order valence-electron chi connectivity index (χ2n) is 14.7. The van der Waals surface area contributed by atoms with Gasteiger partial charge in [0.1, 0.15) is 0 Å². The van der Waals surface area contributed by atoms with Crippen molar-refractivity contribution in [2.75, 3.05) is 0 Å². The zero-order valence-corrected chi connectivity index (χ0v) is 29.9. The van der Waals surface area contributed by atoms with Crippen LogP contribution < -0.4 is 0 Å². The van der Waals surface area contributed by atoms with Crippen LogP contribution in [0.25, 0.3) is 66.8 Å². The minimum atomic E-state index is -0.490. The molecular formula is C52H33N3. The first-order chi connectivity index (χ1) is 27.2. The van der Waals surface area contributed by atoms with Gasteiger partial charge in [-0.25, -0.2) is 9.97 Å². The molecule has 3 aliphatic rings. The highest BCUT2D eigenvalue weighted by molar-refractivity contribution is 6.00. The van der Waals surface area contributed by atoms with Crippen molar-refractivity contribution in [3.63, 3.8) is 0 Å². The smallest absolute Gasteiger partial charge is 0.160 e. The van der Waals surface area contributed by atoms with Crippen molar-refractivity contribution >= 4 is 10.8 Å². The van der Waals surface area contributed by atoms with Crippen molar-refractivity contribution in [2.45, 2.75) is 17.8 Å². The first kappa shape index (κ1) is 31.4. The first-order valence-corrected chi connectivity index (χ1v) is 18.9. The van der Waals surface area contributed by atoms with Crippen molar-refractivity contribution in [2.24, 2.45) is 0 Å². The number of nitriles is 1. The van der Waals surface area contributed by atoms with E-state index in [0.29, 0.717) is 5.56 Å². The highest BCUT2D eigenvalue weighted by Gasteiger charge is 2.52. The maximum Gasteiger partial charge on any atom is 0.160 e. The SMILES string of the molecule is N#Cc1ccc2c(c1)-c1c(-c3cccc(-c4cc(C5C=CC=CC5)nc(-c5cccc6ccccc56)n4)c3)cccc1C21c2ccccc2-c2ccccc21. The molecule has 3 aliphatic carbocycles. The minimum Gasteiger partial charge on any atom is -0.232 e. The largest absolute Gasteiger partial charge is 0.232 e. The molecule has 0 bridgehead atoms. The predicted molar refractivity (Wildman–Crippen MR) is 222 cm³/mol. The number of allylic oxidation sites excluding steroid dienone is 4. The van der Waals surface area contributed by atoms with E-state index in [2.05, 4.69) is 182 Å². The van der Waals surface area contributed by atoms with Gasteiger partial charge in [-0.05, 0) is 97.1 Å². The van der Waals surface area contributed by atoms with Gasteiger partial charge in [0.2, 0.25) is 0 Å². The number of nitrogens with zero attached hydrogens (tertiary/aromatic N) is 3. The Morgan fingerprint density at radius 3 is 2.04 bits per heavy atom. The van der Waals surface area contributed by atoms with E-state index in [1.165, 1.54) is 44.3 Å². The van der Waals surface area contributed by atoms with Crippen molar-refractivity contribution in [3.05, 3.63) is 216 Å². The molecule has 0 fully saturated rings.